The molecule has 0 fully saturated rings. The average Bonchev–Trinajstić information content (AvgIpc) is 3.39. The van der Waals surface area contributed by atoms with E-state index in [1.165, 1.54) is 21.9 Å². The Bertz CT molecular complexity index is 1140. The summed E-state index contributed by atoms with van der Waals surface area (Å²) < 4.78 is 0. The second-order valence-corrected chi connectivity index (χ2v) is 6.77. The van der Waals surface area contributed by atoms with Gasteiger partial charge in [-0.15, -0.1) is 0 Å². The smallest absolute Gasteiger partial charge is 0.224 e. The summed E-state index contributed by atoms with van der Waals surface area (Å²) in [6.45, 7) is 1.38. The zero-order chi connectivity index (χ0) is 18.8. The molecule has 0 atom stereocenters. The molecule has 0 saturated carbocycles. The van der Waals surface area contributed by atoms with Crippen LogP contribution in [0.5, 0.6) is 0 Å². The van der Waals surface area contributed by atoms with Gasteiger partial charge in [0.2, 0.25) is 5.95 Å². The van der Waals surface area contributed by atoms with E-state index in [1.54, 1.807) is 6.20 Å². The first-order valence-electron chi connectivity index (χ1n) is 9.26. The van der Waals surface area contributed by atoms with Crippen LogP contribution in [0, 0.1) is 0 Å². The molecule has 0 radical (unpaired) electrons. The van der Waals surface area contributed by atoms with E-state index >= 15 is 0 Å². The van der Waals surface area contributed by atoms with E-state index in [-0.39, 0.29) is 0 Å². The number of benzene rings is 2. The zero-order valence-electron chi connectivity index (χ0n) is 15.2. The largest absolute Gasteiger partial charge is 0.366 e. The molecule has 5 rings (SSSR count). The lowest BCUT2D eigenvalue weighted by atomic mass is 10.1. The molecule has 4 N–H and O–H groups in total. The van der Waals surface area contributed by atoms with Crippen molar-refractivity contribution in [2.75, 3.05) is 10.6 Å². The molecule has 0 bridgehead atoms. The zero-order valence-corrected chi connectivity index (χ0v) is 15.2. The Labute approximate surface area is 162 Å². The summed E-state index contributed by atoms with van der Waals surface area (Å²) in [5.41, 5.74) is 4.67. The number of nitrogens with zero attached hydrogens (tertiary/aromatic N) is 2. The maximum atomic E-state index is 4.56. The highest BCUT2D eigenvalue weighted by molar-refractivity contribution is 5.80. The summed E-state index contributed by atoms with van der Waals surface area (Å²) in [5, 5.41) is 9.09. The van der Waals surface area contributed by atoms with E-state index in [1.807, 2.05) is 18.5 Å². The molecule has 28 heavy (non-hydrogen) atoms. The normalized spacial score (nSPS) is 11.1. The molecule has 0 unspecified atom stereocenters. The molecule has 6 heteroatoms. The van der Waals surface area contributed by atoms with Crippen LogP contribution in [0.25, 0.3) is 21.8 Å². The molecule has 0 amide bonds. The summed E-state index contributed by atoms with van der Waals surface area (Å²) in [7, 11) is 0. The Morgan fingerprint density at radius 3 is 2.46 bits per heavy atom. The second-order valence-electron chi connectivity index (χ2n) is 6.77. The van der Waals surface area contributed by atoms with Crippen molar-refractivity contribution in [3.8, 4) is 0 Å². The third-order valence-corrected chi connectivity index (χ3v) is 4.82. The highest BCUT2D eigenvalue weighted by atomic mass is 15.1. The second kappa shape index (κ2) is 7.08. The van der Waals surface area contributed by atoms with E-state index in [0.29, 0.717) is 19.0 Å². The summed E-state index contributed by atoms with van der Waals surface area (Å²) in [6, 6.07) is 18.8. The Morgan fingerprint density at radius 1 is 0.714 bits per heavy atom. The van der Waals surface area contributed by atoms with Crippen LogP contribution in [0.4, 0.5) is 11.8 Å². The Kier molecular flexibility index (Phi) is 4.14. The van der Waals surface area contributed by atoms with Crippen molar-refractivity contribution in [2.45, 2.75) is 13.1 Å². The molecule has 3 heterocycles. The number of hydrogen-bond donors (Lipinski definition) is 4. The number of nitrogens with one attached hydrogen (secondary N) is 4. The number of rotatable bonds is 6. The fraction of sp³-hybridized carbons (Fsp3) is 0.0909. The van der Waals surface area contributed by atoms with Gasteiger partial charge in [0.25, 0.3) is 0 Å². The minimum atomic E-state index is 0.609. The maximum absolute atomic E-state index is 4.56. The highest BCUT2D eigenvalue weighted by Crippen LogP contribution is 2.17. The van der Waals surface area contributed by atoms with Crippen molar-refractivity contribution < 1.29 is 0 Å². The fourth-order valence-corrected chi connectivity index (χ4v) is 3.33. The van der Waals surface area contributed by atoms with Gasteiger partial charge in [0.1, 0.15) is 5.82 Å². The number of aromatic amines is 2. The van der Waals surface area contributed by atoms with Crippen molar-refractivity contribution in [3.05, 3.63) is 84.3 Å². The molecule has 0 aliphatic rings. The van der Waals surface area contributed by atoms with Gasteiger partial charge in [-0.1, -0.05) is 18.2 Å². The fourth-order valence-electron chi connectivity index (χ4n) is 3.33. The third-order valence-electron chi connectivity index (χ3n) is 4.82. The lowest BCUT2D eigenvalue weighted by Gasteiger charge is -2.09. The first kappa shape index (κ1) is 16.4. The Hall–Kier alpha value is -3.80. The van der Waals surface area contributed by atoms with E-state index in [2.05, 4.69) is 79.1 Å². The van der Waals surface area contributed by atoms with Crippen molar-refractivity contribution in [3.63, 3.8) is 0 Å². The van der Waals surface area contributed by atoms with Gasteiger partial charge >= 0.3 is 0 Å². The summed E-state index contributed by atoms with van der Waals surface area (Å²) in [5.74, 6) is 1.41. The standard InChI is InChI=1S/C22H20N6/c1-3-17-5-8-24-20(17)12-16(1)14-27-22-25-10-7-21(28-22)26-13-15-2-4-19-18(11-15)6-9-23-19/h1-12,23-24H,13-14H2,(H2,25,26,27,28). The molecule has 0 spiro atoms. The van der Waals surface area contributed by atoms with E-state index in [0.717, 1.165) is 16.9 Å². The van der Waals surface area contributed by atoms with Gasteiger partial charge in [0.05, 0.1) is 0 Å². The average molecular weight is 368 g/mol. The molecule has 5 aromatic rings. The highest BCUT2D eigenvalue weighted by Gasteiger charge is 2.02. The van der Waals surface area contributed by atoms with Gasteiger partial charge in [-0.05, 0) is 58.3 Å². The minimum Gasteiger partial charge on any atom is -0.366 e. The Balaban J connectivity index is 1.23. The van der Waals surface area contributed by atoms with Crippen molar-refractivity contribution in [1.29, 1.82) is 0 Å². The molecule has 3 aromatic heterocycles. The van der Waals surface area contributed by atoms with Crippen LogP contribution >= 0.6 is 0 Å². The third kappa shape index (κ3) is 3.40. The van der Waals surface area contributed by atoms with Crippen LogP contribution in [0.1, 0.15) is 11.1 Å². The molecule has 0 saturated heterocycles. The summed E-state index contributed by atoms with van der Waals surface area (Å²) in [4.78, 5) is 15.3. The summed E-state index contributed by atoms with van der Waals surface area (Å²) in [6.07, 6.45) is 5.67. The number of aromatic nitrogens is 4. The van der Waals surface area contributed by atoms with Gasteiger partial charge < -0.3 is 20.6 Å². The van der Waals surface area contributed by atoms with E-state index in [4.69, 9.17) is 0 Å². The molecule has 2 aromatic carbocycles. The SMILES string of the molecule is c1cc(NCc2ccc3[nH]ccc3c2)nc(NCc2ccc3cc[nH]c3c2)n1. The van der Waals surface area contributed by atoms with Gasteiger partial charge in [-0.2, -0.15) is 4.98 Å². The van der Waals surface area contributed by atoms with E-state index in [9.17, 15) is 0 Å². The molecule has 0 aliphatic heterocycles. The quantitative estimate of drug-likeness (QED) is 0.351. The monoisotopic (exact) mass is 368 g/mol. The topological polar surface area (TPSA) is 81.4 Å². The lowest BCUT2D eigenvalue weighted by molar-refractivity contribution is 1.04. The van der Waals surface area contributed by atoms with Crippen LogP contribution in [0.15, 0.2) is 73.2 Å². The molecule has 0 aliphatic carbocycles. The Morgan fingerprint density at radius 2 is 1.50 bits per heavy atom. The van der Waals surface area contributed by atoms with Crippen LogP contribution in [0.3, 0.4) is 0 Å². The van der Waals surface area contributed by atoms with Gasteiger partial charge in [0.15, 0.2) is 0 Å². The van der Waals surface area contributed by atoms with Crippen LogP contribution in [-0.2, 0) is 13.1 Å². The number of hydrogen-bond acceptors (Lipinski definition) is 4. The summed E-state index contributed by atoms with van der Waals surface area (Å²) >= 11 is 0. The molecule has 138 valence electrons. The van der Waals surface area contributed by atoms with Crippen LogP contribution in [-0.4, -0.2) is 19.9 Å². The van der Waals surface area contributed by atoms with Gasteiger partial charge in [-0.3, -0.25) is 0 Å². The minimum absolute atomic E-state index is 0.609. The van der Waals surface area contributed by atoms with Crippen LogP contribution < -0.4 is 10.6 Å². The van der Waals surface area contributed by atoms with Crippen LogP contribution in [0.2, 0.25) is 0 Å². The maximum Gasteiger partial charge on any atom is 0.224 e. The van der Waals surface area contributed by atoms with E-state index < -0.39 is 0 Å². The number of anilines is 2. The first-order chi connectivity index (χ1) is 13.8. The molecular formula is C22H20N6. The molecule has 6 nitrogen and oxygen atoms in total. The predicted octanol–water partition coefficient (Wildman–Crippen LogP) is 4.66. The number of H-pyrrole nitrogens is 2. The lowest BCUT2D eigenvalue weighted by Crippen LogP contribution is -2.06. The van der Waals surface area contributed by atoms with Crippen molar-refractivity contribution in [1.82, 2.24) is 19.9 Å². The first-order valence-corrected chi connectivity index (χ1v) is 9.26. The van der Waals surface area contributed by atoms with Crippen molar-refractivity contribution in [2.24, 2.45) is 0 Å². The van der Waals surface area contributed by atoms with Gasteiger partial charge in [-0.25, -0.2) is 4.98 Å². The predicted molar refractivity (Wildman–Crippen MR) is 113 cm³/mol. The van der Waals surface area contributed by atoms with Crippen molar-refractivity contribution >= 4 is 33.6 Å². The number of fused-ring (bicyclic) bond motifs is 2. The molecular weight excluding hydrogens is 348 g/mol. The van der Waals surface area contributed by atoms with Gasteiger partial charge in [0, 0.05) is 42.7 Å².